The number of likely N-dealkylation sites (N-methyl/N-ethyl adjacent to an activating group) is 1. The van der Waals surface area contributed by atoms with Crippen LogP contribution in [-0.4, -0.2) is 66.1 Å². The Labute approximate surface area is 146 Å². The fraction of sp³-hybridized carbons (Fsp3) is 0.500. The zero-order chi connectivity index (χ0) is 17.0. The van der Waals surface area contributed by atoms with Crippen LogP contribution in [-0.2, 0) is 14.3 Å². The molecule has 0 bridgehead atoms. The summed E-state index contributed by atoms with van der Waals surface area (Å²) < 4.78 is 18.6. The van der Waals surface area contributed by atoms with Crippen LogP contribution in [0.4, 0.5) is 4.39 Å². The van der Waals surface area contributed by atoms with E-state index in [2.05, 4.69) is 0 Å². The first-order valence-electron chi connectivity index (χ1n) is 7.46. The third-order valence-corrected chi connectivity index (χ3v) is 4.06. The van der Waals surface area contributed by atoms with Gasteiger partial charge in [-0.1, -0.05) is 12.1 Å². The van der Waals surface area contributed by atoms with E-state index >= 15 is 0 Å². The quantitative estimate of drug-likeness (QED) is 0.862. The summed E-state index contributed by atoms with van der Waals surface area (Å²) in [6.45, 7) is 2.80. The van der Waals surface area contributed by atoms with Gasteiger partial charge < -0.3 is 14.7 Å². The van der Waals surface area contributed by atoms with Crippen molar-refractivity contribution < 1.29 is 23.8 Å². The third kappa shape index (κ3) is 5.15. The molecule has 24 heavy (non-hydrogen) atoms. The molecule has 2 atom stereocenters. The monoisotopic (exact) mass is 360 g/mol. The van der Waals surface area contributed by atoms with Crippen LogP contribution in [0, 0.1) is 5.82 Å². The van der Waals surface area contributed by atoms with E-state index in [9.17, 15) is 14.0 Å². The minimum absolute atomic E-state index is 0. The first-order valence-corrected chi connectivity index (χ1v) is 7.46. The number of hydrogen-bond acceptors (Lipinski definition) is 4. The van der Waals surface area contributed by atoms with E-state index in [4.69, 9.17) is 9.84 Å². The van der Waals surface area contributed by atoms with Gasteiger partial charge in [0.05, 0.1) is 19.7 Å². The number of nitrogens with zero attached hydrogens (tertiary/aromatic N) is 2. The van der Waals surface area contributed by atoms with Gasteiger partial charge in [0, 0.05) is 6.54 Å². The Kier molecular flexibility index (Phi) is 7.59. The van der Waals surface area contributed by atoms with E-state index in [1.165, 1.54) is 24.0 Å². The molecule has 2 rings (SSSR count). The second-order valence-electron chi connectivity index (χ2n) is 5.68. The number of aliphatic carboxylic acids is 1. The fourth-order valence-corrected chi connectivity index (χ4v) is 2.39. The highest BCUT2D eigenvalue weighted by molar-refractivity contribution is 5.85. The molecule has 1 N–H and O–H groups in total. The maximum absolute atomic E-state index is 13.0. The van der Waals surface area contributed by atoms with E-state index in [-0.39, 0.29) is 36.8 Å². The number of carboxylic acid groups (broad SMARTS) is 1. The van der Waals surface area contributed by atoms with E-state index in [1.807, 2.05) is 0 Å². The van der Waals surface area contributed by atoms with Gasteiger partial charge in [0.25, 0.3) is 0 Å². The molecule has 1 aliphatic rings. The highest BCUT2D eigenvalue weighted by atomic mass is 35.5. The average Bonchev–Trinajstić information content (AvgIpc) is 2.54. The second kappa shape index (κ2) is 8.96. The Hall–Kier alpha value is -1.70. The van der Waals surface area contributed by atoms with Crippen molar-refractivity contribution >= 4 is 24.3 Å². The molecule has 0 spiro atoms. The zero-order valence-corrected chi connectivity index (χ0v) is 14.5. The van der Waals surface area contributed by atoms with Crippen LogP contribution in [0.5, 0.6) is 0 Å². The number of carbonyl (C=O) groups excluding carboxylic acids is 1. The van der Waals surface area contributed by atoms with Crippen LogP contribution >= 0.6 is 12.4 Å². The minimum Gasteiger partial charge on any atom is -0.480 e. The minimum atomic E-state index is -0.966. The molecule has 1 heterocycles. The maximum Gasteiger partial charge on any atom is 0.320 e. The Morgan fingerprint density at radius 2 is 2.04 bits per heavy atom. The number of carboxylic acids is 1. The third-order valence-electron chi connectivity index (χ3n) is 4.06. The second-order valence-corrected chi connectivity index (χ2v) is 5.68. The molecule has 1 fully saturated rings. The number of benzene rings is 1. The van der Waals surface area contributed by atoms with Crippen molar-refractivity contribution in [3.8, 4) is 0 Å². The molecule has 1 amide bonds. The summed E-state index contributed by atoms with van der Waals surface area (Å²) in [5.41, 5.74) is 0.816. The Morgan fingerprint density at radius 3 is 2.62 bits per heavy atom. The van der Waals surface area contributed by atoms with E-state index in [1.54, 1.807) is 24.1 Å². The summed E-state index contributed by atoms with van der Waals surface area (Å²) in [5, 5.41) is 8.97. The number of halogens is 2. The lowest BCUT2D eigenvalue weighted by Crippen LogP contribution is -2.48. The van der Waals surface area contributed by atoms with Crippen LogP contribution in [0.1, 0.15) is 18.6 Å². The fourth-order valence-electron chi connectivity index (χ4n) is 2.39. The van der Waals surface area contributed by atoms with Crippen molar-refractivity contribution in [1.82, 2.24) is 9.80 Å². The number of rotatable bonds is 5. The van der Waals surface area contributed by atoms with Gasteiger partial charge in [-0.15, -0.1) is 12.4 Å². The Morgan fingerprint density at radius 1 is 1.42 bits per heavy atom. The van der Waals surface area contributed by atoms with E-state index in [0.717, 1.165) is 5.56 Å². The van der Waals surface area contributed by atoms with Crippen LogP contribution in [0.2, 0.25) is 0 Å². The van der Waals surface area contributed by atoms with Crippen molar-refractivity contribution in [2.24, 2.45) is 0 Å². The molecular weight excluding hydrogens is 339 g/mol. The van der Waals surface area contributed by atoms with E-state index < -0.39 is 12.0 Å². The zero-order valence-electron chi connectivity index (χ0n) is 13.6. The smallest absolute Gasteiger partial charge is 0.320 e. The van der Waals surface area contributed by atoms with Crippen LogP contribution in [0.25, 0.3) is 0 Å². The molecule has 134 valence electrons. The molecule has 0 saturated carbocycles. The van der Waals surface area contributed by atoms with Gasteiger partial charge in [0.15, 0.2) is 0 Å². The SMILES string of the molecule is CC(C(=O)O)N(C)CC(=O)N1CCOC(c2ccc(F)cc2)C1.Cl. The number of ether oxygens (including phenoxy) is 1. The lowest BCUT2D eigenvalue weighted by atomic mass is 10.1. The van der Waals surface area contributed by atoms with Gasteiger partial charge in [-0.05, 0) is 31.7 Å². The Bertz CT molecular complexity index is 570. The molecule has 0 radical (unpaired) electrons. The number of carbonyl (C=O) groups is 2. The molecular formula is C16H22ClFN2O4. The summed E-state index contributed by atoms with van der Waals surface area (Å²) in [5.74, 6) is -1.43. The number of morpholine rings is 1. The lowest BCUT2D eigenvalue weighted by Gasteiger charge is -2.34. The van der Waals surface area contributed by atoms with Gasteiger partial charge in [0.2, 0.25) is 5.91 Å². The number of hydrogen-bond donors (Lipinski definition) is 1. The summed E-state index contributed by atoms with van der Waals surface area (Å²) in [6, 6.07) is 5.29. The van der Waals surface area contributed by atoms with Gasteiger partial charge in [-0.25, -0.2) is 4.39 Å². The molecule has 1 aliphatic heterocycles. The Balaban J connectivity index is 0.00000288. The molecule has 1 saturated heterocycles. The standard InChI is InChI=1S/C16H21FN2O4.ClH/c1-11(16(21)22)18(2)10-15(20)19-7-8-23-14(9-19)12-3-5-13(17)6-4-12;/h3-6,11,14H,7-10H2,1-2H3,(H,21,22);1H. The van der Waals surface area contributed by atoms with Gasteiger partial charge in [-0.2, -0.15) is 0 Å². The molecule has 0 aliphatic carbocycles. The molecule has 0 aromatic heterocycles. The summed E-state index contributed by atoms with van der Waals surface area (Å²) >= 11 is 0. The van der Waals surface area contributed by atoms with Crippen LogP contribution in [0.3, 0.4) is 0 Å². The van der Waals surface area contributed by atoms with Crippen molar-refractivity contribution in [2.45, 2.75) is 19.1 Å². The first-order chi connectivity index (χ1) is 10.9. The normalized spacial score (nSPS) is 18.8. The van der Waals surface area contributed by atoms with Crippen molar-refractivity contribution in [3.63, 3.8) is 0 Å². The highest BCUT2D eigenvalue weighted by Crippen LogP contribution is 2.22. The molecule has 1 aromatic rings. The van der Waals surface area contributed by atoms with Gasteiger partial charge in [-0.3, -0.25) is 14.5 Å². The van der Waals surface area contributed by atoms with Crippen LogP contribution < -0.4 is 0 Å². The predicted molar refractivity (Wildman–Crippen MR) is 88.6 cm³/mol. The average molecular weight is 361 g/mol. The maximum atomic E-state index is 13.0. The molecule has 2 unspecified atom stereocenters. The van der Waals surface area contributed by atoms with Gasteiger partial charge in [0.1, 0.15) is 18.0 Å². The summed E-state index contributed by atoms with van der Waals surface area (Å²) in [6.07, 6.45) is -0.296. The van der Waals surface area contributed by atoms with Gasteiger partial charge >= 0.3 is 5.97 Å². The summed E-state index contributed by atoms with van der Waals surface area (Å²) in [7, 11) is 1.61. The van der Waals surface area contributed by atoms with Crippen LogP contribution in [0.15, 0.2) is 24.3 Å². The molecule has 1 aromatic carbocycles. The van der Waals surface area contributed by atoms with Crippen molar-refractivity contribution in [2.75, 3.05) is 33.3 Å². The van der Waals surface area contributed by atoms with E-state index in [0.29, 0.717) is 19.7 Å². The highest BCUT2D eigenvalue weighted by Gasteiger charge is 2.27. The number of amides is 1. The lowest BCUT2D eigenvalue weighted by molar-refractivity contribution is -0.145. The largest absolute Gasteiger partial charge is 0.480 e. The molecule has 6 nitrogen and oxygen atoms in total. The predicted octanol–water partition coefficient (Wildman–Crippen LogP) is 1.55. The summed E-state index contributed by atoms with van der Waals surface area (Å²) in [4.78, 5) is 26.4. The first kappa shape index (κ1) is 20.3. The topological polar surface area (TPSA) is 70.1 Å². The van der Waals surface area contributed by atoms with Crippen molar-refractivity contribution in [1.29, 1.82) is 0 Å². The van der Waals surface area contributed by atoms with Crippen molar-refractivity contribution in [3.05, 3.63) is 35.6 Å². The molecule has 8 heteroatoms.